The van der Waals surface area contributed by atoms with Crippen LogP contribution in [0.15, 0.2) is 71.8 Å². The molecular weight excluding hydrogens is 364 g/mol. The van der Waals surface area contributed by atoms with Gasteiger partial charge in [-0.05, 0) is 29.8 Å². The van der Waals surface area contributed by atoms with E-state index in [4.69, 9.17) is 0 Å². The van der Waals surface area contributed by atoms with Crippen LogP contribution in [0.1, 0.15) is 5.56 Å². The number of hydrogen-bond acceptors (Lipinski definition) is 6. The number of non-ortho nitro benzene ring substituents is 1. The molecule has 3 rings (SSSR count). The van der Waals surface area contributed by atoms with Crippen molar-refractivity contribution < 1.29 is 9.72 Å². The highest BCUT2D eigenvalue weighted by molar-refractivity contribution is 7.99. The second-order valence-corrected chi connectivity index (χ2v) is 6.61. The minimum absolute atomic E-state index is 0.0281. The molecule has 136 valence electrons. The molecule has 0 bridgehead atoms. The lowest BCUT2D eigenvalue weighted by atomic mass is 10.1. The Morgan fingerprint density at radius 2 is 1.74 bits per heavy atom. The molecule has 0 spiro atoms. The van der Waals surface area contributed by atoms with Gasteiger partial charge in [-0.2, -0.15) is 0 Å². The SMILES string of the molecule is O=C(CSc1ccc(-c2ccc([N+](=O)[O-])cc2)nn1)NCc1ccccc1. The van der Waals surface area contributed by atoms with Crippen LogP contribution in [-0.2, 0) is 11.3 Å². The molecule has 0 aliphatic carbocycles. The van der Waals surface area contributed by atoms with Gasteiger partial charge < -0.3 is 5.32 Å². The zero-order chi connectivity index (χ0) is 19.1. The van der Waals surface area contributed by atoms with Crippen molar-refractivity contribution in [1.82, 2.24) is 15.5 Å². The maximum atomic E-state index is 11.9. The summed E-state index contributed by atoms with van der Waals surface area (Å²) in [6, 6.07) is 19.4. The van der Waals surface area contributed by atoms with Crippen molar-refractivity contribution >= 4 is 23.4 Å². The van der Waals surface area contributed by atoms with Crippen LogP contribution in [0.25, 0.3) is 11.3 Å². The Morgan fingerprint density at radius 1 is 1.00 bits per heavy atom. The number of nitro groups is 1. The van der Waals surface area contributed by atoms with Crippen molar-refractivity contribution in [3.8, 4) is 11.3 Å². The van der Waals surface area contributed by atoms with Crippen LogP contribution in [-0.4, -0.2) is 26.8 Å². The average Bonchev–Trinajstić information content (AvgIpc) is 2.72. The largest absolute Gasteiger partial charge is 0.351 e. The summed E-state index contributed by atoms with van der Waals surface area (Å²) in [5.74, 6) is 0.170. The molecule has 8 heteroatoms. The van der Waals surface area contributed by atoms with E-state index in [1.807, 2.05) is 30.3 Å². The highest BCUT2D eigenvalue weighted by Gasteiger charge is 2.08. The topological polar surface area (TPSA) is 98.0 Å². The normalized spacial score (nSPS) is 10.4. The fraction of sp³-hybridized carbons (Fsp3) is 0.105. The third kappa shape index (κ3) is 5.35. The number of nitrogens with zero attached hydrogens (tertiary/aromatic N) is 3. The van der Waals surface area contributed by atoms with Gasteiger partial charge in [0.05, 0.1) is 16.4 Å². The van der Waals surface area contributed by atoms with Crippen molar-refractivity contribution in [3.63, 3.8) is 0 Å². The molecule has 0 aliphatic rings. The molecule has 1 heterocycles. The standard InChI is InChI=1S/C19H16N4O3S/c24-18(20-12-14-4-2-1-3-5-14)13-27-19-11-10-17(21-22-19)15-6-8-16(9-7-15)23(25)26/h1-11H,12-13H2,(H,20,24). The summed E-state index contributed by atoms with van der Waals surface area (Å²) in [4.78, 5) is 22.2. The fourth-order valence-electron chi connectivity index (χ4n) is 2.29. The van der Waals surface area contributed by atoms with E-state index in [0.717, 1.165) is 11.1 Å². The molecule has 0 unspecified atom stereocenters. The summed E-state index contributed by atoms with van der Waals surface area (Å²) < 4.78 is 0. The monoisotopic (exact) mass is 380 g/mol. The van der Waals surface area contributed by atoms with Crippen molar-refractivity contribution in [2.45, 2.75) is 11.6 Å². The molecule has 1 aromatic heterocycles. The lowest BCUT2D eigenvalue weighted by Crippen LogP contribution is -2.24. The van der Waals surface area contributed by atoms with E-state index in [2.05, 4.69) is 15.5 Å². The second kappa shape index (κ2) is 8.91. The number of hydrogen-bond donors (Lipinski definition) is 1. The molecule has 0 saturated carbocycles. The highest BCUT2D eigenvalue weighted by atomic mass is 32.2. The number of nitro benzene ring substituents is 1. The van der Waals surface area contributed by atoms with Crippen molar-refractivity contribution in [2.24, 2.45) is 0 Å². The van der Waals surface area contributed by atoms with E-state index in [9.17, 15) is 14.9 Å². The van der Waals surface area contributed by atoms with Gasteiger partial charge >= 0.3 is 0 Å². The summed E-state index contributed by atoms with van der Waals surface area (Å²) in [6.07, 6.45) is 0. The Balaban J connectivity index is 1.51. The van der Waals surface area contributed by atoms with Gasteiger partial charge in [0.25, 0.3) is 5.69 Å². The summed E-state index contributed by atoms with van der Waals surface area (Å²) in [5, 5.41) is 22.4. The van der Waals surface area contributed by atoms with Gasteiger partial charge in [0, 0.05) is 24.2 Å². The van der Waals surface area contributed by atoms with Gasteiger partial charge in [0.2, 0.25) is 5.91 Å². The Kier molecular flexibility index (Phi) is 6.11. The third-order valence-electron chi connectivity index (χ3n) is 3.70. The number of benzene rings is 2. The molecule has 3 aromatic rings. The third-order valence-corrected chi connectivity index (χ3v) is 4.62. The van der Waals surface area contributed by atoms with E-state index in [1.54, 1.807) is 24.3 Å². The number of carbonyl (C=O) groups is 1. The van der Waals surface area contributed by atoms with Crippen LogP contribution in [0, 0.1) is 10.1 Å². The minimum Gasteiger partial charge on any atom is -0.351 e. The van der Waals surface area contributed by atoms with Crippen LogP contribution in [0.5, 0.6) is 0 Å². The summed E-state index contributed by atoms with van der Waals surface area (Å²) in [7, 11) is 0. The molecular formula is C19H16N4O3S. The van der Waals surface area contributed by atoms with Gasteiger partial charge in [-0.1, -0.05) is 42.1 Å². The smallest absolute Gasteiger partial charge is 0.269 e. The predicted octanol–water partition coefficient (Wildman–Crippen LogP) is 3.46. The van der Waals surface area contributed by atoms with Gasteiger partial charge in [0.15, 0.2) is 0 Å². The van der Waals surface area contributed by atoms with Crippen LogP contribution < -0.4 is 5.32 Å². The number of aromatic nitrogens is 2. The number of amides is 1. The van der Waals surface area contributed by atoms with Crippen LogP contribution in [0.4, 0.5) is 5.69 Å². The molecule has 0 radical (unpaired) electrons. The quantitative estimate of drug-likeness (QED) is 0.383. The minimum atomic E-state index is -0.446. The highest BCUT2D eigenvalue weighted by Crippen LogP contribution is 2.22. The molecule has 0 aliphatic heterocycles. The van der Waals surface area contributed by atoms with Crippen LogP contribution >= 0.6 is 11.8 Å². The summed E-state index contributed by atoms with van der Waals surface area (Å²) >= 11 is 1.30. The van der Waals surface area contributed by atoms with E-state index in [1.165, 1.54) is 23.9 Å². The van der Waals surface area contributed by atoms with E-state index >= 15 is 0 Å². The number of rotatable bonds is 7. The molecule has 27 heavy (non-hydrogen) atoms. The Labute approximate surface area is 160 Å². The van der Waals surface area contributed by atoms with Gasteiger partial charge in [-0.15, -0.1) is 10.2 Å². The second-order valence-electron chi connectivity index (χ2n) is 5.61. The zero-order valence-electron chi connectivity index (χ0n) is 14.2. The van der Waals surface area contributed by atoms with Gasteiger partial charge in [0.1, 0.15) is 5.03 Å². The number of nitrogens with one attached hydrogen (secondary N) is 1. The zero-order valence-corrected chi connectivity index (χ0v) is 15.1. The number of carbonyl (C=O) groups excluding carboxylic acids is 1. The van der Waals surface area contributed by atoms with Crippen molar-refractivity contribution in [3.05, 3.63) is 82.4 Å². The van der Waals surface area contributed by atoms with Crippen molar-refractivity contribution in [1.29, 1.82) is 0 Å². The van der Waals surface area contributed by atoms with Crippen LogP contribution in [0.2, 0.25) is 0 Å². The maximum Gasteiger partial charge on any atom is 0.269 e. The molecule has 2 aromatic carbocycles. The average molecular weight is 380 g/mol. The molecule has 0 fully saturated rings. The Hall–Kier alpha value is -3.26. The van der Waals surface area contributed by atoms with Gasteiger partial charge in [-0.3, -0.25) is 14.9 Å². The first kappa shape index (κ1) is 18.5. The molecule has 0 atom stereocenters. The fourth-order valence-corrected chi connectivity index (χ4v) is 2.94. The van der Waals surface area contributed by atoms with Gasteiger partial charge in [-0.25, -0.2) is 0 Å². The lowest BCUT2D eigenvalue weighted by Gasteiger charge is -2.05. The summed E-state index contributed by atoms with van der Waals surface area (Å²) in [6.45, 7) is 0.491. The summed E-state index contributed by atoms with van der Waals surface area (Å²) in [5.41, 5.74) is 2.43. The lowest BCUT2D eigenvalue weighted by molar-refractivity contribution is -0.384. The maximum absolute atomic E-state index is 11.9. The van der Waals surface area contributed by atoms with E-state index in [-0.39, 0.29) is 17.3 Å². The Bertz CT molecular complexity index is 916. The Morgan fingerprint density at radius 3 is 2.37 bits per heavy atom. The number of thioether (sulfide) groups is 1. The molecule has 1 amide bonds. The van der Waals surface area contributed by atoms with Crippen LogP contribution in [0.3, 0.4) is 0 Å². The van der Waals surface area contributed by atoms with E-state index < -0.39 is 4.92 Å². The first-order chi connectivity index (χ1) is 13.1. The molecule has 1 N–H and O–H groups in total. The molecule has 0 saturated heterocycles. The first-order valence-electron chi connectivity index (χ1n) is 8.14. The first-order valence-corrected chi connectivity index (χ1v) is 9.12. The van der Waals surface area contributed by atoms with E-state index in [0.29, 0.717) is 17.3 Å². The predicted molar refractivity (Wildman–Crippen MR) is 103 cm³/mol. The molecule has 7 nitrogen and oxygen atoms in total. The van der Waals surface area contributed by atoms with Crippen molar-refractivity contribution in [2.75, 3.05) is 5.75 Å².